The van der Waals surface area contributed by atoms with Gasteiger partial charge in [-0.05, 0) is 30.8 Å². The first kappa shape index (κ1) is 14.5. The maximum absolute atomic E-state index is 12.8. The minimum absolute atomic E-state index is 0.000333. The van der Waals surface area contributed by atoms with E-state index < -0.39 is 12.1 Å². The molecule has 1 atom stereocenters. The van der Waals surface area contributed by atoms with E-state index in [9.17, 15) is 13.2 Å². The molecule has 0 amide bonds. The van der Waals surface area contributed by atoms with Crippen molar-refractivity contribution in [2.24, 2.45) is 5.92 Å². The van der Waals surface area contributed by atoms with E-state index in [4.69, 9.17) is 4.52 Å². The highest BCUT2D eigenvalue weighted by molar-refractivity contribution is 7.08. The Morgan fingerprint density at radius 3 is 3.00 bits per heavy atom. The molecule has 1 aliphatic heterocycles. The zero-order chi connectivity index (χ0) is 14.9. The number of likely N-dealkylation sites (tertiary alicyclic amines) is 1. The van der Waals surface area contributed by atoms with Crippen molar-refractivity contribution in [3.8, 4) is 11.4 Å². The molecule has 21 heavy (non-hydrogen) atoms. The number of nitrogens with zero attached hydrogens (tertiary/aromatic N) is 3. The Labute approximate surface area is 123 Å². The number of aromatic nitrogens is 2. The van der Waals surface area contributed by atoms with Crippen LogP contribution in [0.15, 0.2) is 21.3 Å². The fourth-order valence-electron chi connectivity index (χ4n) is 2.49. The number of hydrogen-bond donors (Lipinski definition) is 0. The van der Waals surface area contributed by atoms with Gasteiger partial charge in [0.1, 0.15) is 0 Å². The molecule has 0 radical (unpaired) electrons. The van der Waals surface area contributed by atoms with Crippen LogP contribution in [-0.4, -0.2) is 34.3 Å². The molecule has 3 heterocycles. The Kier molecular flexibility index (Phi) is 3.99. The third-order valence-corrected chi connectivity index (χ3v) is 4.26. The quantitative estimate of drug-likeness (QED) is 0.868. The second kappa shape index (κ2) is 5.76. The molecule has 0 unspecified atom stereocenters. The summed E-state index contributed by atoms with van der Waals surface area (Å²) >= 11 is 1.53. The Morgan fingerprint density at radius 1 is 1.43 bits per heavy atom. The highest BCUT2D eigenvalue weighted by atomic mass is 32.1. The molecule has 2 aromatic rings. The third-order valence-electron chi connectivity index (χ3n) is 3.57. The predicted octanol–water partition coefficient (Wildman–Crippen LogP) is 3.57. The smallest absolute Gasteiger partial charge is 0.338 e. The molecule has 1 saturated heterocycles. The van der Waals surface area contributed by atoms with Crippen LogP contribution in [0.4, 0.5) is 13.2 Å². The first-order chi connectivity index (χ1) is 10.0. The van der Waals surface area contributed by atoms with E-state index in [1.54, 1.807) is 4.90 Å². The maximum Gasteiger partial charge on any atom is 0.393 e. The minimum Gasteiger partial charge on any atom is -0.338 e. The van der Waals surface area contributed by atoms with Crippen LogP contribution in [0.5, 0.6) is 0 Å². The van der Waals surface area contributed by atoms with Gasteiger partial charge >= 0.3 is 6.18 Å². The maximum atomic E-state index is 12.8. The Bertz CT molecular complexity index is 582. The van der Waals surface area contributed by atoms with Crippen molar-refractivity contribution in [1.29, 1.82) is 0 Å². The summed E-state index contributed by atoms with van der Waals surface area (Å²) in [6, 6.07) is 1.87. The van der Waals surface area contributed by atoms with E-state index in [2.05, 4.69) is 10.1 Å². The first-order valence-electron chi connectivity index (χ1n) is 6.66. The van der Waals surface area contributed by atoms with Gasteiger partial charge in [0.25, 0.3) is 0 Å². The molecule has 1 aliphatic rings. The number of alkyl halides is 3. The van der Waals surface area contributed by atoms with E-state index >= 15 is 0 Å². The predicted molar refractivity (Wildman–Crippen MR) is 71.7 cm³/mol. The van der Waals surface area contributed by atoms with Crippen molar-refractivity contribution in [3.05, 3.63) is 22.7 Å². The average molecular weight is 317 g/mol. The molecule has 8 heteroatoms. The second-order valence-electron chi connectivity index (χ2n) is 5.14. The van der Waals surface area contributed by atoms with Crippen molar-refractivity contribution in [3.63, 3.8) is 0 Å². The molecule has 0 N–H and O–H groups in total. The lowest BCUT2D eigenvalue weighted by Crippen LogP contribution is -2.41. The Morgan fingerprint density at radius 2 is 2.29 bits per heavy atom. The van der Waals surface area contributed by atoms with Crippen LogP contribution in [0.2, 0.25) is 0 Å². The fourth-order valence-corrected chi connectivity index (χ4v) is 3.12. The molecule has 3 rings (SSSR count). The van der Waals surface area contributed by atoms with Gasteiger partial charge in [0.2, 0.25) is 11.7 Å². The van der Waals surface area contributed by atoms with E-state index in [1.807, 2.05) is 16.8 Å². The van der Waals surface area contributed by atoms with Gasteiger partial charge < -0.3 is 4.52 Å². The Hall–Kier alpha value is -1.41. The fraction of sp³-hybridized carbons (Fsp3) is 0.538. The molecule has 0 spiro atoms. The van der Waals surface area contributed by atoms with Crippen LogP contribution in [-0.2, 0) is 6.54 Å². The number of piperidine rings is 1. The molecule has 0 aromatic carbocycles. The lowest BCUT2D eigenvalue weighted by atomic mass is 9.97. The SMILES string of the molecule is FC(F)(F)[C@H]1CCCN(Cc2nc(-c3ccsc3)no2)C1. The third kappa shape index (κ3) is 3.44. The van der Waals surface area contributed by atoms with Gasteiger partial charge in [-0.15, -0.1) is 0 Å². The number of rotatable bonds is 3. The van der Waals surface area contributed by atoms with E-state index in [1.165, 1.54) is 11.3 Å². The lowest BCUT2D eigenvalue weighted by molar-refractivity contribution is -0.187. The summed E-state index contributed by atoms with van der Waals surface area (Å²) < 4.78 is 43.4. The van der Waals surface area contributed by atoms with Crippen molar-refractivity contribution < 1.29 is 17.7 Å². The highest BCUT2D eigenvalue weighted by Crippen LogP contribution is 2.33. The van der Waals surface area contributed by atoms with Gasteiger partial charge in [0.05, 0.1) is 12.5 Å². The van der Waals surface area contributed by atoms with Gasteiger partial charge in [-0.25, -0.2) is 0 Å². The van der Waals surface area contributed by atoms with Crippen LogP contribution >= 0.6 is 11.3 Å². The van der Waals surface area contributed by atoms with Crippen molar-refractivity contribution in [2.45, 2.75) is 25.6 Å². The monoisotopic (exact) mass is 317 g/mol. The Balaban J connectivity index is 1.64. The number of halogens is 3. The zero-order valence-corrected chi connectivity index (χ0v) is 12.0. The molecule has 0 saturated carbocycles. The second-order valence-corrected chi connectivity index (χ2v) is 5.92. The van der Waals surface area contributed by atoms with Crippen LogP contribution < -0.4 is 0 Å². The van der Waals surface area contributed by atoms with Crippen molar-refractivity contribution in [2.75, 3.05) is 13.1 Å². The van der Waals surface area contributed by atoms with Crippen LogP contribution in [0, 0.1) is 5.92 Å². The molecule has 1 fully saturated rings. The molecular weight excluding hydrogens is 303 g/mol. The standard InChI is InChI=1S/C13H14F3N3OS/c14-13(15,16)10-2-1-4-19(6-10)7-11-17-12(18-20-11)9-3-5-21-8-9/h3,5,8,10H,1-2,4,6-7H2/t10-/m0/s1. The van der Waals surface area contributed by atoms with E-state index in [-0.39, 0.29) is 19.5 Å². The van der Waals surface area contributed by atoms with E-state index in [0.717, 1.165) is 5.56 Å². The minimum atomic E-state index is -4.13. The van der Waals surface area contributed by atoms with Gasteiger partial charge in [-0.2, -0.15) is 29.5 Å². The molecule has 2 aromatic heterocycles. The summed E-state index contributed by atoms with van der Waals surface area (Å²) in [4.78, 5) is 5.97. The number of hydrogen-bond acceptors (Lipinski definition) is 5. The van der Waals surface area contributed by atoms with Crippen LogP contribution in [0.1, 0.15) is 18.7 Å². The molecule has 0 aliphatic carbocycles. The molecule has 0 bridgehead atoms. The zero-order valence-electron chi connectivity index (χ0n) is 11.1. The summed E-state index contributed by atoms with van der Waals surface area (Å²) in [6.07, 6.45) is -3.39. The average Bonchev–Trinajstić information content (AvgIpc) is 3.08. The topological polar surface area (TPSA) is 42.2 Å². The van der Waals surface area contributed by atoms with Gasteiger partial charge in [0.15, 0.2) is 0 Å². The van der Waals surface area contributed by atoms with Gasteiger partial charge in [-0.3, -0.25) is 4.90 Å². The van der Waals surface area contributed by atoms with Crippen LogP contribution in [0.25, 0.3) is 11.4 Å². The van der Waals surface area contributed by atoms with Gasteiger partial charge in [0, 0.05) is 17.5 Å². The molecule has 114 valence electrons. The van der Waals surface area contributed by atoms with E-state index in [0.29, 0.717) is 24.7 Å². The lowest BCUT2D eigenvalue weighted by Gasteiger charge is -2.32. The summed E-state index contributed by atoms with van der Waals surface area (Å²) in [5.41, 5.74) is 0.863. The summed E-state index contributed by atoms with van der Waals surface area (Å²) in [5, 5.41) is 7.67. The normalized spacial score (nSPS) is 20.8. The number of thiophene rings is 1. The summed E-state index contributed by atoms with van der Waals surface area (Å²) in [5.74, 6) is -0.417. The summed E-state index contributed by atoms with van der Waals surface area (Å²) in [7, 11) is 0. The van der Waals surface area contributed by atoms with Crippen LogP contribution in [0.3, 0.4) is 0 Å². The van der Waals surface area contributed by atoms with Gasteiger partial charge in [-0.1, -0.05) is 5.16 Å². The summed E-state index contributed by atoms with van der Waals surface area (Å²) in [6.45, 7) is 0.895. The molecular formula is C13H14F3N3OS. The highest BCUT2D eigenvalue weighted by Gasteiger charge is 2.41. The first-order valence-corrected chi connectivity index (χ1v) is 7.61. The largest absolute Gasteiger partial charge is 0.393 e. The van der Waals surface area contributed by atoms with Crippen molar-refractivity contribution >= 4 is 11.3 Å². The molecule has 4 nitrogen and oxygen atoms in total. The van der Waals surface area contributed by atoms with Crippen molar-refractivity contribution in [1.82, 2.24) is 15.0 Å².